The lowest BCUT2D eigenvalue weighted by molar-refractivity contribution is 0.0980. The second-order valence-electron chi connectivity index (χ2n) is 3.91. The number of halogens is 1. The zero-order chi connectivity index (χ0) is 13.7. The molecule has 98 valence electrons. The van der Waals surface area contributed by atoms with Crippen molar-refractivity contribution in [2.24, 2.45) is 0 Å². The number of hydrogen-bond donors (Lipinski definition) is 1. The van der Waals surface area contributed by atoms with Gasteiger partial charge in [0.15, 0.2) is 0 Å². The molecule has 0 saturated carbocycles. The van der Waals surface area contributed by atoms with E-state index in [1.165, 1.54) is 17.3 Å². The highest BCUT2D eigenvalue weighted by molar-refractivity contribution is 6.30. The van der Waals surface area contributed by atoms with Gasteiger partial charge in [0.25, 0.3) is 5.91 Å². The van der Waals surface area contributed by atoms with Crippen molar-refractivity contribution in [2.45, 2.75) is 0 Å². The van der Waals surface area contributed by atoms with Crippen LogP contribution in [0, 0.1) is 0 Å². The molecular formula is C14H13ClN2O2. The van der Waals surface area contributed by atoms with Crippen LogP contribution in [-0.4, -0.2) is 29.1 Å². The van der Waals surface area contributed by atoms with Crippen LogP contribution >= 0.6 is 11.6 Å². The van der Waals surface area contributed by atoms with Gasteiger partial charge in [-0.15, -0.1) is 0 Å². The van der Waals surface area contributed by atoms with Gasteiger partial charge in [0, 0.05) is 24.6 Å². The molecule has 4 nitrogen and oxygen atoms in total. The van der Waals surface area contributed by atoms with Gasteiger partial charge in [-0.3, -0.25) is 9.78 Å². The molecule has 0 radical (unpaired) electrons. The largest absolute Gasteiger partial charge is 0.395 e. The van der Waals surface area contributed by atoms with Crippen LogP contribution in [0.2, 0.25) is 5.02 Å². The monoisotopic (exact) mass is 276 g/mol. The van der Waals surface area contributed by atoms with Gasteiger partial charge < -0.3 is 10.0 Å². The summed E-state index contributed by atoms with van der Waals surface area (Å²) in [6.07, 6.45) is 2.93. The van der Waals surface area contributed by atoms with E-state index in [-0.39, 0.29) is 19.1 Å². The molecule has 0 aliphatic rings. The van der Waals surface area contributed by atoms with Crippen LogP contribution in [0.1, 0.15) is 10.4 Å². The first-order chi connectivity index (χ1) is 9.22. The van der Waals surface area contributed by atoms with E-state index in [2.05, 4.69) is 4.98 Å². The number of carbonyl (C=O) groups is 1. The van der Waals surface area contributed by atoms with Gasteiger partial charge >= 0.3 is 0 Å². The summed E-state index contributed by atoms with van der Waals surface area (Å²) < 4.78 is 0. The van der Waals surface area contributed by atoms with Crippen molar-refractivity contribution in [3.05, 3.63) is 59.4 Å². The predicted octanol–water partition coefficient (Wildman–Crippen LogP) is 2.37. The second-order valence-corrected chi connectivity index (χ2v) is 4.34. The van der Waals surface area contributed by atoms with Crippen molar-refractivity contribution in [1.29, 1.82) is 0 Å². The van der Waals surface area contributed by atoms with Crippen molar-refractivity contribution in [1.82, 2.24) is 4.98 Å². The molecule has 2 aromatic rings. The van der Waals surface area contributed by atoms with E-state index >= 15 is 0 Å². The number of rotatable bonds is 4. The number of para-hydroxylation sites is 1. The van der Waals surface area contributed by atoms with Crippen molar-refractivity contribution in [3.8, 4) is 0 Å². The summed E-state index contributed by atoms with van der Waals surface area (Å²) in [5.41, 5.74) is 1.12. The Hall–Kier alpha value is -1.91. The Morgan fingerprint density at radius 3 is 2.63 bits per heavy atom. The Morgan fingerprint density at radius 2 is 2.00 bits per heavy atom. The Morgan fingerprint density at radius 1 is 1.26 bits per heavy atom. The van der Waals surface area contributed by atoms with Gasteiger partial charge in [-0.05, 0) is 18.2 Å². The number of anilines is 1. The fraction of sp³-hybridized carbons (Fsp3) is 0.143. The Balaban J connectivity index is 2.32. The summed E-state index contributed by atoms with van der Waals surface area (Å²) >= 11 is 5.83. The zero-order valence-corrected chi connectivity index (χ0v) is 10.9. The van der Waals surface area contributed by atoms with Crippen molar-refractivity contribution in [2.75, 3.05) is 18.1 Å². The number of benzene rings is 1. The van der Waals surface area contributed by atoms with Crippen molar-refractivity contribution in [3.63, 3.8) is 0 Å². The number of carbonyl (C=O) groups excluding carboxylic acids is 1. The minimum atomic E-state index is -0.241. The number of hydrogen-bond acceptors (Lipinski definition) is 3. The molecule has 1 aromatic heterocycles. The van der Waals surface area contributed by atoms with Gasteiger partial charge in [-0.25, -0.2) is 0 Å². The molecule has 0 bridgehead atoms. The van der Waals surface area contributed by atoms with Crippen LogP contribution in [0.15, 0.2) is 48.8 Å². The fourth-order valence-electron chi connectivity index (χ4n) is 1.74. The minimum absolute atomic E-state index is 0.116. The third kappa shape index (κ3) is 3.30. The van der Waals surface area contributed by atoms with E-state index < -0.39 is 0 Å². The van der Waals surface area contributed by atoms with Gasteiger partial charge in [-0.2, -0.15) is 0 Å². The number of aromatic nitrogens is 1. The Kier molecular flexibility index (Phi) is 4.49. The highest BCUT2D eigenvalue weighted by atomic mass is 35.5. The van der Waals surface area contributed by atoms with Gasteiger partial charge in [0.2, 0.25) is 0 Å². The number of nitrogens with zero attached hydrogens (tertiary/aromatic N) is 2. The number of aliphatic hydroxyl groups excluding tert-OH is 1. The fourth-order valence-corrected chi connectivity index (χ4v) is 1.91. The molecule has 0 atom stereocenters. The molecule has 1 N–H and O–H groups in total. The molecule has 0 spiro atoms. The molecule has 1 aromatic carbocycles. The van der Waals surface area contributed by atoms with E-state index in [1.54, 1.807) is 6.07 Å². The molecule has 0 saturated heterocycles. The smallest absolute Gasteiger partial charge is 0.259 e. The predicted molar refractivity (Wildman–Crippen MR) is 74.5 cm³/mol. The van der Waals surface area contributed by atoms with E-state index in [0.717, 1.165) is 5.69 Å². The molecule has 0 unspecified atom stereocenters. The van der Waals surface area contributed by atoms with Gasteiger partial charge in [-0.1, -0.05) is 29.8 Å². The summed E-state index contributed by atoms with van der Waals surface area (Å²) in [4.78, 5) is 17.8. The molecule has 2 rings (SSSR count). The molecule has 5 heteroatoms. The summed E-state index contributed by atoms with van der Waals surface area (Å²) in [6.45, 7) is 0.101. The van der Waals surface area contributed by atoms with Crippen LogP contribution < -0.4 is 4.90 Å². The molecular weight excluding hydrogens is 264 g/mol. The third-order valence-corrected chi connectivity index (χ3v) is 2.80. The normalized spacial score (nSPS) is 10.2. The number of aliphatic hydroxyl groups is 1. The Labute approximate surface area is 116 Å². The van der Waals surface area contributed by atoms with Crippen LogP contribution in [0.5, 0.6) is 0 Å². The van der Waals surface area contributed by atoms with Crippen molar-refractivity contribution >= 4 is 23.2 Å². The van der Waals surface area contributed by atoms with Gasteiger partial charge in [0.1, 0.15) is 0 Å². The van der Waals surface area contributed by atoms with Crippen LogP contribution in [-0.2, 0) is 0 Å². The highest BCUT2D eigenvalue weighted by Gasteiger charge is 2.17. The number of amides is 1. The standard InChI is InChI=1S/C14H13ClN2O2/c15-12-8-11(9-16-10-12)14(19)17(6-7-18)13-4-2-1-3-5-13/h1-5,8-10,18H,6-7H2. The average molecular weight is 277 g/mol. The van der Waals surface area contributed by atoms with E-state index in [1.807, 2.05) is 30.3 Å². The van der Waals surface area contributed by atoms with Crippen LogP contribution in [0.3, 0.4) is 0 Å². The first kappa shape index (κ1) is 13.5. The highest BCUT2D eigenvalue weighted by Crippen LogP contribution is 2.17. The van der Waals surface area contributed by atoms with Crippen LogP contribution in [0.4, 0.5) is 5.69 Å². The quantitative estimate of drug-likeness (QED) is 0.933. The van der Waals surface area contributed by atoms with Crippen LogP contribution in [0.25, 0.3) is 0 Å². The number of pyridine rings is 1. The second kappa shape index (κ2) is 6.31. The maximum Gasteiger partial charge on any atom is 0.259 e. The van der Waals surface area contributed by atoms with E-state index in [0.29, 0.717) is 10.6 Å². The first-order valence-electron chi connectivity index (χ1n) is 5.80. The lowest BCUT2D eigenvalue weighted by atomic mass is 10.2. The first-order valence-corrected chi connectivity index (χ1v) is 6.18. The lowest BCUT2D eigenvalue weighted by Crippen LogP contribution is -2.33. The minimum Gasteiger partial charge on any atom is -0.395 e. The molecule has 1 heterocycles. The molecule has 0 fully saturated rings. The van der Waals surface area contributed by atoms with Gasteiger partial charge in [0.05, 0.1) is 17.2 Å². The molecule has 0 aliphatic heterocycles. The van der Waals surface area contributed by atoms with E-state index in [9.17, 15) is 4.79 Å². The zero-order valence-electron chi connectivity index (χ0n) is 10.2. The summed E-state index contributed by atoms with van der Waals surface area (Å²) in [7, 11) is 0. The summed E-state index contributed by atoms with van der Waals surface area (Å²) in [5.74, 6) is -0.241. The summed E-state index contributed by atoms with van der Waals surface area (Å²) in [5, 5.41) is 9.52. The Bertz CT molecular complexity index is 560. The SMILES string of the molecule is O=C(c1cncc(Cl)c1)N(CCO)c1ccccc1. The third-order valence-electron chi connectivity index (χ3n) is 2.59. The molecule has 1 amide bonds. The maximum absolute atomic E-state index is 12.4. The maximum atomic E-state index is 12.4. The topological polar surface area (TPSA) is 53.4 Å². The molecule has 19 heavy (non-hydrogen) atoms. The van der Waals surface area contributed by atoms with E-state index in [4.69, 9.17) is 16.7 Å². The summed E-state index contributed by atoms with van der Waals surface area (Å²) in [6, 6.07) is 10.7. The average Bonchev–Trinajstić information content (AvgIpc) is 2.45. The molecule has 0 aliphatic carbocycles. The van der Waals surface area contributed by atoms with Crippen molar-refractivity contribution < 1.29 is 9.90 Å². The lowest BCUT2D eigenvalue weighted by Gasteiger charge is -2.21.